The van der Waals surface area contributed by atoms with E-state index in [-0.39, 0.29) is 11.6 Å². The van der Waals surface area contributed by atoms with E-state index in [9.17, 15) is 14.4 Å². The Bertz CT molecular complexity index is 1810. The Hall–Kier alpha value is -4.79. The molecule has 0 unspecified atom stereocenters. The number of carbonyl (C=O) groups excluding carboxylic acids is 2. The van der Waals surface area contributed by atoms with Gasteiger partial charge in [0.1, 0.15) is 18.1 Å². The molecule has 8 heteroatoms. The average molecular weight is 651 g/mol. The second-order valence-electron chi connectivity index (χ2n) is 10.9. The van der Waals surface area contributed by atoms with Crippen LogP contribution in [0, 0.1) is 6.92 Å². The van der Waals surface area contributed by atoms with Crippen molar-refractivity contribution >= 4 is 45.8 Å². The Kier molecular flexibility index (Phi) is 10.3. The van der Waals surface area contributed by atoms with Crippen molar-refractivity contribution in [3.63, 3.8) is 0 Å². The zero-order valence-electron chi connectivity index (χ0n) is 26.1. The third-order valence-corrected chi connectivity index (χ3v) is 9.58. The second-order valence-corrected chi connectivity index (χ2v) is 12.7. The highest BCUT2D eigenvalue weighted by Crippen LogP contribution is 2.35. The van der Waals surface area contributed by atoms with Crippen LogP contribution in [0.4, 0.5) is 0 Å². The number of ketones is 2. The van der Waals surface area contributed by atoms with Crippen molar-refractivity contribution in [2.75, 3.05) is 13.2 Å². The summed E-state index contributed by atoms with van der Waals surface area (Å²) in [6, 6.07) is 26.0. The predicted octanol–water partition coefficient (Wildman–Crippen LogP) is 9.61. The van der Waals surface area contributed by atoms with E-state index in [0.29, 0.717) is 29.2 Å². The fourth-order valence-electron chi connectivity index (χ4n) is 5.06. The Morgan fingerprint density at radius 3 is 1.61 bits per heavy atom. The van der Waals surface area contributed by atoms with E-state index >= 15 is 0 Å². The zero-order chi connectivity index (χ0) is 32.8. The normalized spacial score (nSPS) is 10.8. The Labute approximate surface area is 276 Å². The quantitative estimate of drug-likeness (QED) is 0.128. The first-order chi connectivity index (χ1) is 22.1. The van der Waals surface area contributed by atoms with Gasteiger partial charge in [0.25, 0.3) is 0 Å². The van der Waals surface area contributed by atoms with Gasteiger partial charge in [-0.2, -0.15) is 0 Å². The molecular weight excluding hydrogens is 617 g/mol. The van der Waals surface area contributed by atoms with Gasteiger partial charge in [-0.15, -0.1) is 22.7 Å². The van der Waals surface area contributed by atoms with Gasteiger partial charge in [-0.05, 0) is 96.5 Å². The monoisotopic (exact) mass is 650 g/mol. The number of thiophene rings is 2. The smallest absolute Gasteiger partial charge is 0.341 e. The van der Waals surface area contributed by atoms with Gasteiger partial charge in [-0.1, -0.05) is 55.5 Å². The molecular formula is C38H34O6S2. The van der Waals surface area contributed by atoms with Crippen LogP contribution in [-0.4, -0.2) is 35.9 Å². The van der Waals surface area contributed by atoms with E-state index in [1.807, 2.05) is 35.9 Å². The number of aryl methyl sites for hydroxylation is 1. The summed E-state index contributed by atoms with van der Waals surface area (Å²) in [5.74, 6) is 0.243. The lowest BCUT2D eigenvalue weighted by atomic mass is 9.90. The minimum atomic E-state index is -1.03. The minimum absolute atomic E-state index is 0.0538. The van der Waals surface area contributed by atoms with E-state index in [0.717, 1.165) is 55.1 Å². The molecule has 3 aromatic carbocycles. The molecule has 0 saturated carbocycles. The summed E-state index contributed by atoms with van der Waals surface area (Å²) >= 11 is 3.11. The van der Waals surface area contributed by atoms with E-state index in [4.69, 9.17) is 14.6 Å². The highest BCUT2D eigenvalue weighted by molar-refractivity contribution is 7.14. The van der Waals surface area contributed by atoms with Crippen LogP contribution < -0.4 is 9.47 Å². The van der Waals surface area contributed by atoms with Crippen LogP contribution in [0.25, 0.3) is 26.5 Å². The number of benzene rings is 3. The molecule has 5 aromatic rings. The van der Waals surface area contributed by atoms with Crippen LogP contribution >= 0.6 is 22.7 Å². The summed E-state index contributed by atoms with van der Waals surface area (Å²) in [5, 5.41) is 12.7. The van der Waals surface area contributed by atoms with Gasteiger partial charge in [-0.3, -0.25) is 9.59 Å². The lowest BCUT2D eigenvalue weighted by molar-refractivity contribution is -0.139. The number of aliphatic carboxylic acids is 1. The Balaban J connectivity index is 1.48. The average Bonchev–Trinajstić information content (AvgIpc) is 3.74. The predicted molar refractivity (Wildman–Crippen MR) is 186 cm³/mol. The van der Waals surface area contributed by atoms with Crippen LogP contribution in [0.5, 0.6) is 11.5 Å². The van der Waals surface area contributed by atoms with Gasteiger partial charge in [0.2, 0.25) is 0 Å². The summed E-state index contributed by atoms with van der Waals surface area (Å²) in [5.41, 5.74) is 8.58. The molecule has 0 aliphatic rings. The molecule has 2 aromatic heterocycles. The van der Waals surface area contributed by atoms with Crippen LogP contribution in [0.3, 0.4) is 0 Å². The topological polar surface area (TPSA) is 89.9 Å². The van der Waals surface area contributed by atoms with E-state index in [2.05, 4.69) is 55.5 Å². The molecule has 0 atom stereocenters. The molecule has 0 fully saturated rings. The maximum absolute atomic E-state index is 11.8. The standard InChI is InChI=1S/C38H34O6S2/c1-5-26(19-43-33-14-15-34(23(2)16-33)44-20-37(41)42)38(29-10-6-27(7-11-29)35-17-31(21-45-35)24(3)39)30-12-8-28(9-13-30)36-18-32(22-46-36)25(4)40/h6-18,21-22H,5,19-20H2,1-4H3,(H,41,42). The number of ether oxygens (including phenoxy) is 2. The van der Waals surface area contributed by atoms with Crippen molar-refractivity contribution in [1.29, 1.82) is 0 Å². The first kappa shape index (κ1) is 32.6. The molecule has 0 aliphatic carbocycles. The second kappa shape index (κ2) is 14.5. The number of carboxylic acid groups (broad SMARTS) is 1. The molecule has 6 nitrogen and oxygen atoms in total. The number of rotatable bonds is 13. The number of Topliss-reactive ketones (excluding diaryl/α,β-unsaturated/α-hetero) is 2. The summed E-state index contributed by atoms with van der Waals surface area (Å²) < 4.78 is 11.7. The van der Waals surface area contributed by atoms with Crippen LogP contribution in [0.2, 0.25) is 0 Å². The van der Waals surface area contributed by atoms with Crippen LogP contribution in [-0.2, 0) is 4.79 Å². The van der Waals surface area contributed by atoms with Crippen LogP contribution in [0.15, 0.2) is 95.2 Å². The highest BCUT2D eigenvalue weighted by atomic mass is 32.1. The van der Waals surface area contributed by atoms with Crippen molar-refractivity contribution < 1.29 is 29.0 Å². The van der Waals surface area contributed by atoms with Crippen molar-refractivity contribution in [2.45, 2.75) is 34.1 Å². The molecule has 0 saturated heterocycles. The minimum Gasteiger partial charge on any atom is -0.489 e. The number of carboxylic acids is 1. The van der Waals surface area contributed by atoms with E-state index in [1.165, 1.54) is 0 Å². The molecule has 0 bridgehead atoms. The fraction of sp³-hybridized carbons (Fsp3) is 0.184. The van der Waals surface area contributed by atoms with Crippen molar-refractivity contribution in [1.82, 2.24) is 0 Å². The van der Waals surface area contributed by atoms with Gasteiger partial charge >= 0.3 is 5.97 Å². The lowest BCUT2D eigenvalue weighted by Gasteiger charge is -2.18. The molecule has 46 heavy (non-hydrogen) atoms. The zero-order valence-corrected chi connectivity index (χ0v) is 27.7. The number of hydrogen-bond acceptors (Lipinski definition) is 7. The molecule has 0 amide bonds. The van der Waals surface area contributed by atoms with Crippen molar-refractivity contribution in [3.8, 4) is 32.4 Å². The SMILES string of the molecule is CCC(COc1ccc(OCC(=O)O)c(C)c1)=C(c1ccc(-c2cc(C(C)=O)cs2)cc1)c1ccc(-c2cc(C(C)=O)cs2)cc1. The Morgan fingerprint density at radius 1 is 0.674 bits per heavy atom. The molecule has 5 rings (SSSR count). The van der Waals surface area contributed by atoms with Gasteiger partial charge in [0, 0.05) is 31.6 Å². The van der Waals surface area contributed by atoms with Gasteiger partial charge in [0.05, 0.1) is 0 Å². The van der Waals surface area contributed by atoms with Crippen molar-refractivity contribution in [2.24, 2.45) is 0 Å². The van der Waals surface area contributed by atoms with Crippen molar-refractivity contribution in [3.05, 3.63) is 123 Å². The Morgan fingerprint density at radius 2 is 1.20 bits per heavy atom. The largest absolute Gasteiger partial charge is 0.489 e. The van der Waals surface area contributed by atoms with E-state index in [1.54, 1.807) is 48.7 Å². The van der Waals surface area contributed by atoms with Gasteiger partial charge in [-0.25, -0.2) is 4.79 Å². The summed E-state index contributed by atoms with van der Waals surface area (Å²) in [6.07, 6.45) is 0.747. The summed E-state index contributed by atoms with van der Waals surface area (Å²) in [4.78, 5) is 36.7. The molecule has 0 spiro atoms. The first-order valence-electron chi connectivity index (χ1n) is 14.8. The molecule has 0 aliphatic heterocycles. The van der Waals surface area contributed by atoms with Gasteiger partial charge in [0.15, 0.2) is 18.2 Å². The van der Waals surface area contributed by atoms with Crippen LogP contribution in [0.1, 0.15) is 64.6 Å². The molecule has 2 heterocycles. The maximum Gasteiger partial charge on any atom is 0.341 e. The molecule has 0 radical (unpaired) electrons. The number of hydrogen-bond donors (Lipinski definition) is 1. The molecule has 1 N–H and O–H groups in total. The van der Waals surface area contributed by atoms with Gasteiger partial charge < -0.3 is 14.6 Å². The third-order valence-electron chi connectivity index (χ3n) is 7.62. The summed E-state index contributed by atoms with van der Waals surface area (Å²) in [6.45, 7) is 7.07. The number of carbonyl (C=O) groups is 3. The molecule has 234 valence electrons. The fourth-order valence-corrected chi connectivity index (χ4v) is 6.97. The lowest BCUT2D eigenvalue weighted by Crippen LogP contribution is -2.10. The maximum atomic E-state index is 11.8. The first-order valence-corrected chi connectivity index (χ1v) is 16.6. The summed E-state index contributed by atoms with van der Waals surface area (Å²) in [7, 11) is 0. The van der Waals surface area contributed by atoms with E-state index < -0.39 is 12.6 Å². The highest BCUT2D eigenvalue weighted by Gasteiger charge is 2.15. The third kappa shape index (κ3) is 7.70.